The highest BCUT2D eigenvalue weighted by molar-refractivity contribution is 6.31. The van der Waals surface area contributed by atoms with Crippen LogP contribution >= 0.6 is 11.6 Å². The first-order valence-corrected chi connectivity index (χ1v) is 5.37. The molecule has 0 saturated heterocycles. The van der Waals surface area contributed by atoms with Gasteiger partial charge in [-0.3, -0.25) is 0 Å². The van der Waals surface area contributed by atoms with Gasteiger partial charge in [0.25, 0.3) is 0 Å². The molecular formula is C12H14ClNO. The highest BCUT2D eigenvalue weighted by atomic mass is 35.5. The highest BCUT2D eigenvalue weighted by Crippen LogP contribution is 2.24. The first-order valence-electron chi connectivity index (χ1n) is 4.99. The van der Waals surface area contributed by atoms with Crippen LogP contribution in [0.15, 0.2) is 24.4 Å². The molecular weight excluding hydrogens is 210 g/mol. The van der Waals surface area contributed by atoms with Crippen LogP contribution in [0.4, 0.5) is 0 Å². The van der Waals surface area contributed by atoms with Crippen molar-refractivity contribution in [1.29, 1.82) is 0 Å². The normalized spacial score (nSPS) is 13.3. The van der Waals surface area contributed by atoms with Crippen molar-refractivity contribution in [2.75, 3.05) is 0 Å². The minimum atomic E-state index is -0.314. The summed E-state index contributed by atoms with van der Waals surface area (Å²) in [5.74, 6) is 0. The fraction of sp³-hybridized carbons (Fsp3) is 0.333. The number of aromatic nitrogens is 1. The summed E-state index contributed by atoms with van der Waals surface area (Å²) in [7, 11) is 1.99. The highest BCUT2D eigenvalue weighted by Gasteiger charge is 2.08. The fourth-order valence-electron chi connectivity index (χ4n) is 1.92. The van der Waals surface area contributed by atoms with Crippen LogP contribution < -0.4 is 0 Å². The van der Waals surface area contributed by atoms with Gasteiger partial charge < -0.3 is 9.67 Å². The molecule has 2 nitrogen and oxygen atoms in total. The number of aryl methyl sites for hydroxylation is 1. The van der Waals surface area contributed by atoms with E-state index >= 15 is 0 Å². The SMILES string of the molecule is C[C@@H](O)Cc1cn(C)c2cc(Cl)ccc12. The largest absolute Gasteiger partial charge is 0.393 e. The molecule has 1 N–H and O–H groups in total. The Morgan fingerprint density at radius 2 is 2.20 bits per heavy atom. The standard InChI is InChI=1S/C12H14ClNO/c1-8(15)5-9-7-14(2)12-6-10(13)3-4-11(9)12/h3-4,6-8,15H,5H2,1-2H3/t8-/m1/s1. The topological polar surface area (TPSA) is 25.2 Å². The molecule has 0 fully saturated rings. The average Bonchev–Trinajstić information content (AvgIpc) is 2.42. The third-order valence-electron chi connectivity index (χ3n) is 2.55. The van der Waals surface area contributed by atoms with Crippen LogP contribution in [0.2, 0.25) is 5.02 Å². The maximum Gasteiger partial charge on any atom is 0.0553 e. The van der Waals surface area contributed by atoms with Gasteiger partial charge in [-0.25, -0.2) is 0 Å². The molecule has 0 aliphatic heterocycles. The predicted molar refractivity (Wildman–Crippen MR) is 63.3 cm³/mol. The average molecular weight is 224 g/mol. The molecule has 2 aromatic rings. The molecule has 2 rings (SSSR count). The third kappa shape index (κ3) is 2.01. The summed E-state index contributed by atoms with van der Waals surface area (Å²) >= 11 is 5.94. The molecule has 1 aromatic carbocycles. The number of rotatable bonds is 2. The van der Waals surface area contributed by atoms with Crippen LogP contribution in [0.1, 0.15) is 12.5 Å². The summed E-state index contributed by atoms with van der Waals surface area (Å²) in [5.41, 5.74) is 2.28. The lowest BCUT2D eigenvalue weighted by molar-refractivity contribution is 0.196. The van der Waals surface area contributed by atoms with Crippen molar-refractivity contribution in [1.82, 2.24) is 4.57 Å². The van der Waals surface area contributed by atoms with E-state index < -0.39 is 0 Å². The van der Waals surface area contributed by atoms with E-state index in [0.717, 1.165) is 10.5 Å². The quantitative estimate of drug-likeness (QED) is 0.832. The number of fused-ring (bicyclic) bond motifs is 1. The number of nitrogens with zero attached hydrogens (tertiary/aromatic N) is 1. The molecule has 0 aliphatic rings. The Hall–Kier alpha value is -0.990. The summed E-state index contributed by atoms with van der Waals surface area (Å²) in [6.07, 6.45) is 2.42. The fourth-order valence-corrected chi connectivity index (χ4v) is 2.09. The Labute approximate surface area is 94.1 Å². The molecule has 0 spiro atoms. The van der Waals surface area contributed by atoms with Gasteiger partial charge in [0.15, 0.2) is 0 Å². The second-order valence-electron chi connectivity index (χ2n) is 3.98. The Morgan fingerprint density at radius 1 is 1.47 bits per heavy atom. The van der Waals surface area contributed by atoms with Crippen molar-refractivity contribution in [3.63, 3.8) is 0 Å². The van der Waals surface area contributed by atoms with E-state index in [0.29, 0.717) is 6.42 Å². The van der Waals surface area contributed by atoms with E-state index in [4.69, 9.17) is 11.6 Å². The summed E-state index contributed by atoms with van der Waals surface area (Å²) < 4.78 is 2.04. The zero-order valence-electron chi connectivity index (χ0n) is 8.87. The molecule has 1 aromatic heterocycles. The molecule has 0 unspecified atom stereocenters. The Morgan fingerprint density at radius 3 is 2.87 bits per heavy atom. The molecule has 0 bridgehead atoms. The number of hydrogen-bond acceptors (Lipinski definition) is 1. The van der Waals surface area contributed by atoms with Gasteiger partial charge in [0.1, 0.15) is 0 Å². The Kier molecular flexibility index (Phi) is 2.72. The number of halogens is 1. The van der Waals surface area contributed by atoms with Crippen LogP contribution in [0, 0.1) is 0 Å². The van der Waals surface area contributed by atoms with Crippen molar-refractivity contribution >= 4 is 22.5 Å². The van der Waals surface area contributed by atoms with Gasteiger partial charge in [-0.2, -0.15) is 0 Å². The van der Waals surface area contributed by atoms with Crippen LogP contribution in [-0.2, 0) is 13.5 Å². The molecule has 1 atom stereocenters. The molecule has 3 heteroatoms. The number of aliphatic hydroxyl groups excluding tert-OH is 1. The van der Waals surface area contributed by atoms with E-state index in [-0.39, 0.29) is 6.10 Å². The summed E-state index contributed by atoms with van der Waals surface area (Å²) in [5, 5.41) is 11.3. The predicted octanol–water partition coefficient (Wildman–Crippen LogP) is 2.76. The van der Waals surface area contributed by atoms with Gasteiger partial charge in [-0.15, -0.1) is 0 Å². The summed E-state index contributed by atoms with van der Waals surface area (Å²) in [6, 6.07) is 5.84. The van der Waals surface area contributed by atoms with E-state index in [2.05, 4.69) is 0 Å². The molecule has 0 aliphatic carbocycles. The Balaban J connectivity index is 2.57. The molecule has 15 heavy (non-hydrogen) atoms. The molecule has 0 radical (unpaired) electrons. The van der Waals surface area contributed by atoms with Crippen LogP contribution in [-0.4, -0.2) is 15.8 Å². The first-order chi connectivity index (χ1) is 7.08. The smallest absolute Gasteiger partial charge is 0.0553 e. The van der Waals surface area contributed by atoms with Gasteiger partial charge in [0, 0.05) is 35.6 Å². The maximum absolute atomic E-state index is 9.39. The van der Waals surface area contributed by atoms with Crippen LogP contribution in [0.25, 0.3) is 10.9 Å². The third-order valence-corrected chi connectivity index (χ3v) is 2.79. The zero-order valence-corrected chi connectivity index (χ0v) is 9.62. The Bertz CT molecular complexity index is 488. The molecule has 80 valence electrons. The van der Waals surface area contributed by atoms with Crippen LogP contribution in [0.5, 0.6) is 0 Å². The van der Waals surface area contributed by atoms with E-state index in [1.54, 1.807) is 6.92 Å². The molecule has 0 saturated carbocycles. The second-order valence-corrected chi connectivity index (χ2v) is 4.42. The van der Waals surface area contributed by atoms with Gasteiger partial charge in [0.05, 0.1) is 6.10 Å². The van der Waals surface area contributed by atoms with Gasteiger partial charge in [-0.1, -0.05) is 17.7 Å². The number of hydrogen-bond donors (Lipinski definition) is 1. The van der Waals surface area contributed by atoms with E-state index in [1.165, 1.54) is 10.9 Å². The summed E-state index contributed by atoms with van der Waals surface area (Å²) in [6.45, 7) is 1.80. The lowest BCUT2D eigenvalue weighted by Crippen LogP contribution is -2.03. The van der Waals surface area contributed by atoms with Crippen molar-refractivity contribution in [2.24, 2.45) is 7.05 Å². The maximum atomic E-state index is 9.39. The van der Waals surface area contributed by atoms with Crippen molar-refractivity contribution < 1.29 is 5.11 Å². The van der Waals surface area contributed by atoms with E-state index in [1.807, 2.05) is 36.0 Å². The van der Waals surface area contributed by atoms with Gasteiger partial charge in [0.2, 0.25) is 0 Å². The minimum Gasteiger partial charge on any atom is -0.393 e. The number of benzene rings is 1. The van der Waals surface area contributed by atoms with E-state index in [9.17, 15) is 5.11 Å². The van der Waals surface area contributed by atoms with Gasteiger partial charge in [-0.05, 0) is 24.6 Å². The molecule has 1 heterocycles. The lowest BCUT2D eigenvalue weighted by Gasteiger charge is -2.01. The van der Waals surface area contributed by atoms with Gasteiger partial charge >= 0.3 is 0 Å². The summed E-state index contributed by atoms with van der Waals surface area (Å²) in [4.78, 5) is 0. The monoisotopic (exact) mass is 223 g/mol. The lowest BCUT2D eigenvalue weighted by atomic mass is 10.1. The van der Waals surface area contributed by atoms with Crippen LogP contribution in [0.3, 0.4) is 0 Å². The van der Waals surface area contributed by atoms with Crippen molar-refractivity contribution in [3.8, 4) is 0 Å². The molecule has 0 amide bonds. The zero-order chi connectivity index (χ0) is 11.0. The van der Waals surface area contributed by atoms with Crippen molar-refractivity contribution in [3.05, 3.63) is 35.0 Å². The first kappa shape index (κ1) is 10.5. The second kappa shape index (κ2) is 3.87. The van der Waals surface area contributed by atoms with Crippen molar-refractivity contribution in [2.45, 2.75) is 19.4 Å². The minimum absolute atomic E-state index is 0.314. The number of aliphatic hydroxyl groups is 1.